The molecule has 3 saturated heterocycles. The molecular weight excluding hydrogens is 621 g/mol. The first-order valence-electron chi connectivity index (χ1n) is 13.3. The molecule has 3 aromatic rings. The molecule has 5 heterocycles. The van der Waals surface area contributed by atoms with Crippen molar-refractivity contribution >= 4 is 46.6 Å². The van der Waals surface area contributed by atoms with Crippen LogP contribution in [0.1, 0.15) is 34.5 Å². The van der Waals surface area contributed by atoms with E-state index in [4.69, 9.17) is 23.2 Å². The molecular formula is C26H24Cl2F4N7O4+. The predicted molar refractivity (Wildman–Crippen MR) is 145 cm³/mol. The Hall–Kier alpha value is -3.82. The van der Waals surface area contributed by atoms with Crippen LogP contribution >= 0.6 is 23.2 Å². The SMILES string of the molecule is O=C(c1cc(Cc2c[nH]c(=O)c3cc(Cl)c(Cl)n23)ccc1F)N1CCN2C(=[N+]3CCCC3)NN(OC(=O)C(F)(F)F)C2C1. The van der Waals surface area contributed by atoms with Gasteiger partial charge in [-0.15, -0.1) is 0 Å². The second-order valence-electron chi connectivity index (χ2n) is 10.4. The first-order chi connectivity index (χ1) is 20.4. The molecule has 1 atom stereocenters. The van der Waals surface area contributed by atoms with Crippen LogP contribution in [0, 0.1) is 5.82 Å². The van der Waals surface area contributed by atoms with Gasteiger partial charge in [0.05, 0.1) is 43.3 Å². The summed E-state index contributed by atoms with van der Waals surface area (Å²) in [5.74, 6) is -3.41. The van der Waals surface area contributed by atoms with Crippen molar-refractivity contribution in [3.8, 4) is 0 Å². The zero-order valence-electron chi connectivity index (χ0n) is 22.3. The maximum Gasteiger partial charge on any atom is 0.492 e. The molecule has 1 amide bonds. The molecule has 43 heavy (non-hydrogen) atoms. The second-order valence-corrected chi connectivity index (χ2v) is 11.1. The van der Waals surface area contributed by atoms with Gasteiger partial charge in [-0.25, -0.2) is 14.1 Å². The Balaban J connectivity index is 1.26. The number of hydroxylamine groups is 1. The van der Waals surface area contributed by atoms with E-state index in [0.29, 0.717) is 35.5 Å². The van der Waals surface area contributed by atoms with Crippen molar-refractivity contribution in [1.29, 1.82) is 0 Å². The van der Waals surface area contributed by atoms with Gasteiger partial charge in [0.1, 0.15) is 16.5 Å². The fraction of sp³-hybridized carbons (Fsp3) is 0.385. The highest BCUT2D eigenvalue weighted by Crippen LogP contribution is 2.28. The number of H-pyrrole nitrogens is 1. The van der Waals surface area contributed by atoms with Crippen LogP contribution in [-0.4, -0.2) is 91.8 Å². The Morgan fingerprint density at radius 3 is 2.58 bits per heavy atom. The van der Waals surface area contributed by atoms with E-state index in [2.05, 4.69) is 15.2 Å². The lowest BCUT2D eigenvalue weighted by Gasteiger charge is -2.35. The summed E-state index contributed by atoms with van der Waals surface area (Å²) >= 11 is 12.4. The van der Waals surface area contributed by atoms with Crippen LogP contribution in [0.25, 0.3) is 5.52 Å². The number of nitrogens with zero attached hydrogens (tertiary/aromatic N) is 5. The number of aromatic nitrogens is 2. The highest BCUT2D eigenvalue weighted by atomic mass is 35.5. The molecule has 3 fully saturated rings. The number of carbonyl (C=O) groups is 2. The lowest BCUT2D eigenvalue weighted by molar-refractivity contribution is -0.513. The lowest BCUT2D eigenvalue weighted by atomic mass is 10.0. The number of halogens is 6. The third kappa shape index (κ3) is 5.40. The molecule has 3 aliphatic heterocycles. The van der Waals surface area contributed by atoms with Gasteiger partial charge >= 0.3 is 18.1 Å². The van der Waals surface area contributed by atoms with Crippen LogP contribution in [0.15, 0.2) is 35.3 Å². The van der Waals surface area contributed by atoms with E-state index in [9.17, 15) is 27.6 Å². The lowest BCUT2D eigenvalue weighted by Crippen LogP contribution is -2.58. The zero-order chi connectivity index (χ0) is 30.6. The van der Waals surface area contributed by atoms with Crippen LogP contribution in [0.2, 0.25) is 10.2 Å². The number of benzene rings is 1. The maximum absolute atomic E-state index is 15.0. The molecule has 228 valence electrons. The van der Waals surface area contributed by atoms with Crippen LogP contribution in [0.5, 0.6) is 0 Å². The number of aromatic amines is 1. The Kier molecular flexibility index (Phi) is 7.50. The molecule has 0 bridgehead atoms. The Bertz CT molecular complexity index is 1720. The molecule has 0 spiro atoms. The topological polar surface area (TPSA) is 105 Å². The van der Waals surface area contributed by atoms with Crippen molar-refractivity contribution in [3.05, 3.63) is 73.6 Å². The number of alkyl halides is 3. The highest BCUT2D eigenvalue weighted by Gasteiger charge is 2.53. The summed E-state index contributed by atoms with van der Waals surface area (Å²) in [7, 11) is 0. The number of guanidine groups is 1. The summed E-state index contributed by atoms with van der Waals surface area (Å²) in [5, 5.41) is 0.999. The van der Waals surface area contributed by atoms with Gasteiger partial charge < -0.3 is 14.7 Å². The first-order valence-corrected chi connectivity index (χ1v) is 14.1. The second kappa shape index (κ2) is 11.0. The molecule has 1 aromatic carbocycles. The van der Waals surface area contributed by atoms with Crippen LogP contribution in [0.4, 0.5) is 17.6 Å². The summed E-state index contributed by atoms with van der Waals surface area (Å²) < 4.78 is 57.5. The van der Waals surface area contributed by atoms with Gasteiger partial charge in [0.15, 0.2) is 0 Å². The van der Waals surface area contributed by atoms with Crippen molar-refractivity contribution in [2.75, 3.05) is 32.7 Å². The molecule has 6 rings (SSSR count). The Morgan fingerprint density at radius 1 is 1.12 bits per heavy atom. The number of carbonyl (C=O) groups excluding carboxylic acids is 2. The number of rotatable bonds is 4. The number of fused-ring (bicyclic) bond motifs is 2. The summed E-state index contributed by atoms with van der Waals surface area (Å²) in [5.41, 5.74) is 3.35. The predicted octanol–water partition coefficient (Wildman–Crippen LogP) is 2.75. The first kappa shape index (κ1) is 29.3. The van der Waals surface area contributed by atoms with Crippen molar-refractivity contribution < 1.29 is 36.6 Å². The molecule has 11 nitrogen and oxygen atoms in total. The standard InChI is InChI=1S/C26H23Cl2F4N7O4/c27-17-11-19-22(40)33-12-15(38(19)21(17)28)9-14-3-4-18(29)16(10-14)23(41)36-7-8-37-20(13-36)39(43-24(42)26(30,31)32)34-25(37)35-5-1-2-6-35/h3-4,10-12,20H,1-2,5-9,13H2,(H,33,40)/p+1. The molecule has 0 aliphatic carbocycles. The fourth-order valence-electron chi connectivity index (χ4n) is 5.59. The van der Waals surface area contributed by atoms with Crippen LogP contribution < -0.4 is 11.0 Å². The van der Waals surface area contributed by atoms with Gasteiger partial charge in [-0.2, -0.15) is 18.6 Å². The normalized spacial score (nSPS) is 19.3. The van der Waals surface area contributed by atoms with Gasteiger partial charge in [-0.3, -0.25) is 18.6 Å². The molecule has 17 heteroatoms. The Morgan fingerprint density at radius 2 is 1.86 bits per heavy atom. The van der Waals surface area contributed by atoms with Gasteiger partial charge in [0.2, 0.25) is 6.17 Å². The van der Waals surface area contributed by atoms with E-state index < -0.39 is 35.6 Å². The number of nitrogens with one attached hydrogen (secondary N) is 2. The number of amides is 1. The van der Waals surface area contributed by atoms with Crippen molar-refractivity contribution in [1.82, 2.24) is 29.8 Å². The van der Waals surface area contributed by atoms with Gasteiger partial charge in [0.25, 0.3) is 11.5 Å². The molecule has 0 radical (unpaired) electrons. The summed E-state index contributed by atoms with van der Waals surface area (Å²) in [6, 6.07) is 5.41. The van der Waals surface area contributed by atoms with E-state index in [1.807, 2.05) is 4.58 Å². The quantitative estimate of drug-likeness (QED) is 0.332. The monoisotopic (exact) mass is 644 g/mol. The van der Waals surface area contributed by atoms with E-state index in [0.717, 1.165) is 18.9 Å². The van der Waals surface area contributed by atoms with Gasteiger partial charge in [-0.1, -0.05) is 29.3 Å². The van der Waals surface area contributed by atoms with Gasteiger partial charge in [0, 0.05) is 23.5 Å². The van der Waals surface area contributed by atoms with E-state index in [1.54, 1.807) is 4.90 Å². The largest absolute Gasteiger partial charge is 0.492 e. The molecule has 0 saturated carbocycles. The average molecular weight is 645 g/mol. The van der Waals surface area contributed by atoms with E-state index in [-0.39, 0.29) is 47.3 Å². The zero-order valence-corrected chi connectivity index (χ0v) is 23.8. The summed E-state index contributed by atoms with van der Waals surface area (Å²) in [6.45, 7) is 1.47. The number of hydrazine groups is 1. The van der Waals surface area contributed by atoms with Crippen molar-refractivity contribution in [2.24, 2.45) is 0 Å². The number of hydrogen-bond acceptors (Lipinski definition) is 5. The average Bonchev–Trinajstić information content (AvgIpc) is 3.69. The smallest absolute Gasteiger partial charge is 0.330 e. The van der Waals surface area contributed by atoms with E-state index in [1.165, 1.54) is 33.7 Å². The molecule has 2 N–H and O–H groups in total. The van der Waals surface area contributed by atoms with Crippen molar-refractivity contribution in [3.63, 3.8) is 0 Å². The number of hydrogen-bond donors (Lipinski definition) is 2. The van der Waals surface area contributed by atoms with E-state index >= 15 is 4.39 Å². The highest BCUT2D eigenvalue weighted by molar-refractivity contribution is 6.42. The molecule has 1 unspecified atom stereocenters. The van der Waals surface area contributed by atoms with Crippen LogP contribution in [0.3, 0.4) is 0 Å². The minimum atomic E-state index is -5.23. The Labute approximate surface area is 250 Å². The third-order valence-electron chi connectivity index (χ3n) is 7.65. The summed E-state index contributed by atoms with van der Waals surface area (Å²) in [4.78, 5) is 47.8. The molecule has 3 aliphatic rings. The minimum Gasteiger partial charge on any atom is -0.330 e. The minimum absolute atomic E-state index is 0.125. The number of piperazine rings is 1. The third-order valence-corrected chi connectivity index (χ3v) is 8.40. The summed E-state index contributed by atoms with van der Waals surface area (Å²) in [6.07, 6.45) is -2.85. The maximum atomic E-state index is 15.0. The molecule has 2 aromatic heterocycles. The van der Waals surface area contributed by atoms with Crippen LogP contribution in [-0.2, 0) is 16.1 Å². The fourth-order valence-corrected chi connectivity index (χ4v) is 6.03. The van der Waals surface area contributed by atoms with Gasteiger partial charge in [-0.05, 0) is 36.6 Å². The van der Waals surface area contributed by atoms with Crippen molar-refractivity contribution in [2.45, 2.75) is 31.6 Å².